The summed E-state index contributed by atoms with van der Waals surface area (Å²) in [6, 6.07) is 10.3. The maximum absolute atomic E-state index is 5.89. The molecule has 0 fully saturated rings. The first-order valence-electron chi connectivity index (χ1n) is 5.59. The van der Waals surface area contributed by atoms with Crippen LogP contribution in [0.2, 0.25) is 0 Å². The number of nitrogen functional groups attached to an aromatic ring is 1. The number of anilines is 1. The molecule has 0 saturated heterocycles. The van der Waals surface area contributed by atoms with Crippen molar-refractivity contribution in [2.45, 2.75) is 6.42 Å². The molecule has 2 N–H and O–H groups in total. The molecule has 0 aliphatic rings. The number of hydrogen-bond acceptors (Lipinski definition) is 3. The van der Waals surface area contributed by atoms with Crippen molar-refractivity contribution in [1.82, 2.24) is 4.98 Å². The Morgan fingerprint density at radius 2 is 1.94 bits per heavy atom. The van der Waals surface area contributed by atoms with E-state index in [-0.39, 0.29) is 0 Å². The summed E-state index contributed by atoms with van der Waals surface area (Å²) in [4.78, 5) is 3.99. The maximum atomic E-state index is 5.89. The second-order valence-electron chi connectivity index (χ2n) is 3.90. The second kappa shape index (κ2) is 5.46. The summed E-state index contributed by atoms with van der Waals surface area (Å²) in [7, 11) is 1.71. The third kappa shape index (κ3) is 2.82. The molecule has 0 atom stereocenters. The molecule has 0 radical (unpaired) electrons. The molecule has 0 saturated carbocycles. The van der Waals surface area contributed by atoms with Crippen molar-refractivity contribution in [3.05, 3.63) is 48.3 Å². The van der Waals surface area contributed by atoms with Crippen LogP contribution in [0, 0.1) is 0 Å². The van der Waals surface area contributed by atoms with Gasteiger partial charge in [-0.1, -0.05) is 24.3 Å². The highest BCUT2D eigenvalue weighted by molar-refractivity contribution is 5.75. The average Bonchev–Trinajstić information content (AvgIpc) is 2.38. The zero-order valence-corrected chi connectivity index (χ0v) is 9.89. The maximum Gasteiger partial charge on any atom is 0.0580 e. The van der Waals surface area contributed by atoms with Gasteiger partial charge in [0.1, 0.15) is 0 Å². The minimum Gasteiger partial charge on any atom is -0.397 e. The summed E-state index contributed by atoms with van der Waals surface area (Å²) in [6.45, 7) is 0.747. The standard InChI is InChI=1S/C14H16N2O/c1-17-9-7-11-2-4-12(5-3-11)13-6-8-16-10-14(13)15/h2-6,8,10H,7,9,15H2,1H3. The van der Waals surface area contributed by atoms with Crippen LogP contribution < -0.4 is 5.73 Å². The van der Waals surface area contributed by atoms with Gasteiger partial charge in [-0.25, -0.2) is 0 Å². The highest BCUT2D eigenvalue weighted by Gasteiger charge is 2.01. The van der Waals surface area contributed by atoms with Gasteiger partial charge in [-0.15, -0.1) is 0 Å². The van der Waals surface area contributed by atoms with Crippen LogP contribution in [-0.2, 0) is 11.2 Å². The van der Waals surface area contributed by atoms with Gasteiger partial charge < -0.3 is 10.5 Å². The van der Waals surface area contributed by atoms with Gasteiger partial charge in [-0.3, -0.25) is 4.98 Å². The van der Waals surface area contributed by atoms with Crippen molar-refractivity contribution in [3.8, 4) is 11.1 Å². The van der Waals surface area contributed by atoms with E-state index in [1.54, 1.807) is 19.5 Å². The molecule has 0 bridgehead atoms. The lowest BCUT2D eigenvalue weighted by atomic mass is 10.0. The Morgan fingerprint density at radius 1 is 1.18 bits per heavy atom. The minimum absolute atomic E-state index is 0.706. The predicted octanol–water partition coefficient (Wildman–Crippen LogP) is 2.52. The number of nitrogens with zero attached hydrogens (tertiary/aromatic N) is 1. The summed E-state index contributed by atoms with van der Waals surface area (Å²) >= 11 is 0. The van der Waals surface area contributed by atoms with Gasteiger partial charge in [-0.05, 0) is 23.6 Å². The molecule has 2 aromatic rings. The average molecular weight is 228 g/mol. The number of nitrogens with two attached hydrogens (primary N) is 1. The number of benzene rings is 1. The number of ether oxygens (including phenoxy) is 1. The number of pyridine rings is 1. The summed E-state index contributed by atoms with van der Waals surface area (Å²) in [5.74, 6) is 0. The monoisotopic (exact) mass is 228 g/mol. The van der Waals surface area contributed by atoms with Crippen LogP contribution in [0.1, 0.15) is 5.56 Å². The van der Waals surface area contributed by atoms with E-state index in [1.165, 1.54) is 5.56 Å². The fraction of sp³-hybridized carbons (Fsp3) is 0.214. The molecule has 1 heterocycles. The van der Waals surface area contributed by atoms with Gasteiger partial charge in [0.25, 0.3) is 0 Å². The van der Waals surface area contributed by atoms with Crippen LogP contribution >= 0.6 is 0 Å². The molecule has 0 amide bonds. The first kappa shape index (κ1) is 11.6. The van der Waals surface area contributed by atoms with E-state index >= 15 is 0 Å². The highest BCUT2D eigenvalue weighted by atomic mass is 16.5. The Balaban J connectivity index is 2.21. The number of hydrogen-bond donors (Lipinski definition) is 1. The molecule has 3 heteroatoms. The first-order chi connectivity index (χ1) is 8.31. The lowest BCUT2D eigenvalue weighted by Crippen LogP contribution is -1.94. The van der Waals surface area contributed by atoms with Crippen molar-refractivity contribution < 1.29 is 4.74 Å². The molecule has 0 spiro atoms. The SMILES string of the molecule is COCCc1ccc(-c2ccncc2N)cc1. The third-order valence-corrected chi connectivity index (χ3v) is 2.71. The van der Waals surface area contributed by atoms with Crippen LogP contribution in [0.5, 0.6) is 0 Å². The topological polar surface area (TPSA) is 48.1 Å². The number of aromatic nitrogens is 1. The Bertz CT molecular complexity index is 480. The van der Waals surface area contributed by atoms with Crippen molar-refractivity contribution in [2.24, 2.45) is 0 Å². The molecule has 2 rings (SSSR count). The highest BCUT2D eigenvalue weighted by Crippen LogP contribution is 2.24. The smallest absolute Gasteiger partial charge is 0.0580 e. The van der Waals surface area contributed by atoms with Crippen molar-refractivity contribution in [2.75, 3.05) is 19.5 Å². The van der Waals surface area contributed by atoms with Crippen LogP contribution in [0.15, 0.2) is 42.7 Å². The Kier molecular flexibility index (Phi) is 3.73. The minimum atomic E-state index is 0.706. The van der Waals surface area contributed by atoms with E-state index in [2.05, 4.69) is 29.2 Å². The third-order valence-electron chi connectivity index (χ3n) is 2.71. The number of methoxy groups -OCH3 is 1. The molecule has 3 nitrogen and oxygen atoms in total. The van der Waals surface area contributed by atoms with E-state index in [0.717, 1.165) is 24.2 Å². The molecular weight excluding hydrogens is 212 g/mol. The second-order valence-corrected chi connectivity index (χ2v) is 3.90. The van der Waals surface area contributed by atoms with Gasteiger partial charge in [0.05, 0.1) is 18.5 Å². The Labute approximate surface area is 101 Å². The summed E-state index contributed by atoms with van der Waals surface area (Å²) in [6.07, 6.45) is 4.36. The summed E-state index contributed by atoms with van der Waals surface area (Å²) in [5.41, 5.74) is 10.0. The van der Waals surface area contributed by atoms with E-state index in [4.69, 9.17) is 10.5 Å². The molecule has 17 heavy (non-hydrogen) atoms. The van der Waals surface area contributed by atoms with E-state index < -0.39 is 0 Å². The molecule has 0 aliphatic heterocycles. The Morgan fingerprint density at radius 3 is 2.59 bits per heavy atom. The summed E-state index contributed by atoms with van der Waals surface area (Å²) in [5, 5.41) is 0. The predicted molar refractivity (Wildman–Crippen MR) is 69.7 cm³/mol. The zero-order valence-electron chi connectivity index (χ0n) is 9.89. The van der Waals surface area contributed by atoms with Crippen molar-refractivity contribution in [3.63, 3.8) is 0 Å². The van der Waals surface area contributed by atoms with Crippen LogP contribution in [-0.4, -0.2) is 18.7 Å². The van der Waals surface area contributed by atoms with Gasteiger partial charge in [0.2, 0.25) is 0 Å². The van der Waals surface area contributed by atoms with Crippen LogP contribution in [0.25, 0.3) is 11.1 Å². The zero-order chi connectivity index (χ0) is 12.1. The molecule has 1 aromatic heterocycles. The molecule has 0 unspecified atom stereocenters. The Hall–Kier alpha value is -1.87. The summed E-state index contributed by atoms with van der Waals surface area (Å²) < 4.78 is 5.05. The quantitative estimate of drug-likeness (QED) is 0.874. The fourth-order valence-electron chi connectivity index (χ4n) is 1.74. The molecular formula is C14H16N2O. The van der Waals surface area contributed by atoms with E-state index in [1.807, 2.05) is 6.07 Å². The van der Waals surface area contributed by atoms with E-state index in [9.17, 15) is 0 Å². The van der Waals surface area contributed by atoms with Crippen LogP contribution in [0.4, 0.5) is 5.69 Å². The van der Waals surface area contributed by atoms with Crippen molar-refractivity contribution >= 4 is 5.69 Å². The largest absolute Gasteiger partial charge is 0.397 e. The molecule has 0 aliphatic carbocycles. The van der Waals surface area contributed by atoms with Gasteiger partial charge >= 0.3 is 0 Å². The molecule has 1 aromatic carbocycles. The lowest BCUT2D eigenvalue weighted by Gasteiger charge is -2.06. The van der Waals surface area contributed by atoms with Gasteiger partial charge in [-0.2, -0.15) is 0 Å². The number of rotatable bonds is 4. The van der Waals surface area contributed by atoms with Crippen LogP contribution in [0.3, 0.4) is 0 Å². The van der Waals surface area contributed by atoms with E-state index in [0.29, 0.717) is 5.69 Å². The van der Waals surface area contributed by atoms with Crippen molar-refractivity contribution in [1.29, 1.82) is 0 Å². The first-order valence-corrected chi connectivity index (χ1v) is 5.59. The van der Waals surface area contributed by atoms with Gasteiger partial charge in [0.15, 0.2) is 0 Å². The molecule has 88 valence electrons. The fourth-order valence-corrected chi connectivity index (χ4v) is 1.74. The lowest BCUT2D eigenvalue weighted by molar-refractivity contribution is 0.202. The van der Waals surface area contributed by atoms with Gasteiger partial charge in [0, 0.05) is 18.9 Å². The normalized spacial score (nSPS) is 10.4.